The molecule has 0 aliphatic heterocycles. The molecule has 0 saturated carbocycles. The van der Waals surface area contributed by atoms with Gasteiger partial charge in [-0.05, 0) is 48.4 Å². The van der Waals surface area contributed by atoms with Gasteiger partial charge in [-0.25, -0.2) is 4.79 Å². The van der Waals surface area contributed by atoms with Crippen molar-refractivity contribution < 1.29 is 24.3 Å². The summed E-state index contributed by atoms with van der Waals surface area (Å²) in [6.07, 6.45) is 1.24. The molecular formula is C19H16N2O6. The molecule has 138 valence electrons. The number of hydrogen-bond donors (Lipinski definition) is 1. The zero-order chi connectivity index (χ0) is 19.8. The Bertz CT molecular complexity index is 913. The predicted molar refractivity (Wildman–Crippen MR) is 96.3 cm³/mol. The van der Waals surface area contributed by atoms with Gasteiger partial charge in [0.25, 0.3) is 5.69 Å². The van der Waals surface area contributed by atoms with Crippen LogP contribution in [0.15, 0.2) is 48.0 Å². The smallest absolute Gasteiger partial charge is 0.346 e. The first kappa shape index (κ1) is 19.5. The van der Waals surface area contributed by atoms with Crippen molar-refractivity contribution in [3.8, 4) is 17.6 Å². The Labute approximate surface area is 155 Å². The maximum absolute atomic E-state index is 10.9. The van der Waals surface area contributed by atoms with Crippen molar-refractivity contribution in [3.05, 3.63) is 69.3 Å². The molecule has 0 atom stereocenters. The quantitative estimate of drug-likeness (QED) is 0.327. The van der Waals surface area contributed by atoms with Crippen LogP contribution in [0.1, 0.15) is 18.1 Å². The molecule has 8 heteroatoms. The molecule has 0 aliphatic carbocycles. The Morgan fingerprint density at radius 1 is 1.22 bits per heavy atom. The highest BCUT2D eigenvalue weighted by Gasteiger charge is 2.10. The molecule has 0 fully saturated rings. The minimum atomic E-state index is -1.31. The van der Waals surface area contributed by atoms with Crippen LogP contribution < -0.4 is 9.47 Å². The summed E-state index contributed by atoms with van der Waals surface area (Å²) in [6.45, 7) is 2.33. The summed E-state index contributed by atoms with van der Waals surface area (Å²) in [7, 11) is 0. The average Bonchev–Trinajstić information content (AvgIpc) is 2.65. The molecule has 2 aromatic carbocycles. The highest BCUT2D eigenvalue weighted by molar-refractivity contribution is 5.96. The molecule has 0 radical (unpaired) electrons. The molecule has 2 rings (SSSR count). The first-order valence-corrected chi connectivity index (χ1v) is 7.92. The highest BCUT2D eigenvalue weighted by Crippen LogP contribution is 2.30. The number of nitro groups is 1. The molecular weight excluding hydrogens is 352 g/mol. The lowest BCUT2D eigenvalue weighted by atomic mass is 10.1. The zero-order valence-corrected chi connectivity index (χ0v) is 14.4. The van der Waals surface area contributed by atoms with Crippen LogP contribution in [-0.4, -0.2) is 22.6 Å². The van der Waals surface area contributed by atoms with E-state index in [0.717, 1.165) is 5.56 Å². The summed E-state index contributed by atoms with van der Waals surface area (Å²) >= 11 is 0. The van der Waals surface area contributed by atoms with E-state index < -0.39 is 16.5 Å². The lowest BCUT2D eigenvalue weighted by molar-refractivity contribution is -0.384. The Morgan fingerprint density at radius 2 is 1.93 bits per heavy atom. The number of hydrogen-bond acceptors (Lipinski definition) is 6. The number of carboxylic acids is 1. The van der Waals surface area contributed by atoms with E-state index in [4.69, 9.17) is 19.8 Å². The van der Waals surface area contributed by atoms with E-state index in [9.17, 15) is 14.9 Å². The summed E-state index contributed by atoms with van der Waals surface area (Å²) in [6, 6.07) is 12.4. The number of non-ortho nitro benzene ring substituents is 1. The fourth-order valence-electron chi connectivity index (χ4n) is 2.19. The number of benzene rings is 2. The number of nitro benzene ring substituents is 1. The molecule has 2 aromatic rings. The Hall–Kier alpha value is -3.86. The minimum absolute atomic E-state index is 0.00313. The van der Waals surface area contributed by atoms with Gasteiger partial charge in [-0.1, -0.05) is 6.07 Å². The van der Waals surface area contributed by atoms with E-state index in [1.54, 1.807) is 43.3 Å². The SMILES string of the molecule is CCOc1cc(C=C(C#N)C(=O)O)ccc1OCc1ccc([N+](=O)[O-])cc1. The maximum Gasteiger partial charge on any atom is 0.346 e. The van der Waals surface area contributed by atoms with E-state index in [0.29, 0.717) is 23.7 Å². The highest BCUT2D eigenvalue weighted by atomic mass is 16.6. The average molecular weight is 368 g/mol. The normalized spacial score (nSPS) is 10.7. The van der Waals surface area contributed by atoms with Gasteiger partial charge < -0.3 is 14.6 Å². The summed E-state index contributed by atoms with van der Waals surface area (Å²) in [4.78, 5) is 21.2. The maximum atomic E-state index is 10.9. The van der Waals surface area contributed by atoms with Crippen molar-refractivity contribution in [2.75, 3.05) is 6.61 Å². The van der Waals surface area contributed by atoms with E-state index in [1.807, 2.05) is 0 Å². The third-order valence-corrected chi connectivity index (χ3v) is 3.47. The van der Waals surface area contributed by atoms with E-state index in [1.165, 1.54) is 18.2 Å². The van der Waals surface area contributed by atoms with Crippen LogP contribution >= 0.6 is 0 Å². The van der Waals surface area contributed by atoms with E-state index in [-0.39, 0.29) is 12.3 Å². The van der Waals surface area contributed by atoms with Crippen LogP contribution in [0, 0.1) is 21.4 Å². The van der Waals surface area contributed by atoms with Gasteiger partial charge in [0.15, 0.2) is 11.5 Å². The Balaban J connectivity index is 2.20. The van der Waals surface area contributed by atoms with Crippen molar-refractivity contribution in [2.45, 2.75) is 13.5 Å². The van der Waals surface area contributed by atoms with Gasteiger partial charge in [0, 0.05) is 12.1 Å². The second kappa shape index (κ2) is 9.01. The van der Waals surface area contributed by atoms with Gasteiger partial charge in [-0.2, -0.15) is 5.26 Å². The van der Waals surface area contributed by atoms with Gasteiger partial charge in [0.05, 0.1) is 11.5 Å². The number of carboxylic acid groups (broad SMARTS) is 1. The van der Waals surface area contributed by atoms with Crippen molar-refractivity contribution in [3.63, 3.8) is 0 Å². The van der Waals surface area contributed by atoms with Gasteiger partial charge >= 0.3 is 5.97 Å². The van der Waals surface area contributed by atoms with Crippen LogP contribution in [0.25, 0.3) is 6.08 Å². The van der Waals surface area contributed by atoms with Crippen LogP contribution in [0.4, 0.5) is 5.69 Å². The number of carbonyl (C=O) groups is 1. The topological polar surface area (TPSA) is 123 Å². The van der Waals surface area contributed by atoms with Crippen LogP contribution in [0.2, 0.25) is 0 Å². The first-order chi connectivity index (χ1) is 12.9. The molecule has 1 N–H and O–H groups in total. The molecule has 0 aromatic heterocycles. The molecule has 8 nitrogen and oxygen atoms in total. The summed E-state index contributed by atoms with van der Waals surface area (Å²) in [5.74, 6) is -0.481. The van der Waals surface area contributed by atoms with Gasteiger partial charge in [0.1, 0.15) is 18.2 Å². The lowest BCUT2D eigenvalue weighted by Crippen LogP contribution is -2.01. The van der Waals surface area contributed by atoms with Gasteiger partial charge in [-0.3, -0.25) is 10.1 Å². The lowest BCUT2D eigenvalue weighted by Gasteiger charge is -2.13. The standard InChI is InChI=1S/C19H16N2O6/c1-2-26-18-10-14(9-15(11-20)19(22)23)5-8-17(18)27-12-13-3-6-16(7-4-13)21(24)25/h3-10H,2,12H2,1H3,(H,22,23). The van der Waals surface area contributed by atoms with E-state index >= 15 is 0 Å². The van der Waals surface area contributed by atoms with Gasteiger partial charge in [-0.15, -0.1) is 0 Å². The van der Waals surface area contributed by atoms with Gasteiger partial charge in [0.2, 0.25) is 0 Å². The minimum Gasteiger partial charge on any atom is -0.490 e. The number of nitriles is 1. The molecule has 0 amide bonds. The Morgan fingerprint density at radius 3 is 2.48 bits per heavy atom. The summed E-state index contributed by atoms with van der Waals surface area (Å²) in [5, 5.41) is 28.5. The van der Waals surface area contributed by atoms with Crippen molar-refractivity contribution in [2.24, 2.45) is 0 Å². The van der Waals surface area contributed by atoms with Crippen LogP contribution in [-0.2, 0) is 11.4 Å². The Kier molecular flexibility index (Phi) is 6.49. The number of nitrogens with zero attached hydrogens (tertiary/aromatic N) is 2. The third kappa shape index (κ3) is 5.31. The first-order valence-electron chi connectivity index (χ1n) is 7.92. The van der Waals surface area contributed by atoms with Crippen molar-refractivity contribution in [1.29, 1.82) is 5.26 Å². The fourth-order valence-corrected chi connectivity index (χ4v) is 2.19. The summed E-state index contributed by atoms with van der Waals surface area (Å²) < 4.78 is 11.2. The second-order valence-electron chi connectivity index (χ2n) is 5.33. The predicted octanol–water partition coefficient (Wildman–Crippen LogP) is 3.56. The number of ether oxygens (including phenoxy) is 2. The molecule has 0 heterocycles. The molecule has 0 saturated heterocycles. The van der Waals surface area contributed by atoms with Crippen molar-refractivity contribution >= 4 is 17.7 Å². The fraction of sp³-hybridized carbons (Fsp3) is 0.158. The number of rotatable bonds is 8. The monoisotopic (exact) mass is 368 g/mol. The van der Waals surface area contributed by atoms with Crippen LogP contribution in [0.3, 0.4) is 0 Å². The molecule has 0 unspecified atom stereocenters. The van der Waals surface area contributed by atoms with E-state index in [2.05, 4.69) is 0 Å². The zero-order valence-electron chi connectivity index (χ0n) is 14.4. The molecule has 0 bridgehead atoms. The molecule has 27 heavy (non-hydrogen) atoms. The number of aliphatic carboxylic acids is 1. The summed E-state index contributed by atoms with van der Waals surface area (Å²) in [5.41, 5.74) is 0.832. The van der Waals surface area contributed by atoms with Crippen LogP contribution in [0.5, 0.6) is 11.5 Å². The molecule has 0 aliphatic rings. The third-order valence-electron chi connectivity index (χ3n) is 3.47. The second-order valence-corrected chi connectivity index (χ2v) is 5.33. The van der Waals surface area contributed by atoms with Crippen molar-refractivity contribution in [1.82, 2.24) is 0 Å². The largest absolute Gasteiger partial charge is 0.490 e. The molecule has 0 spiro atoms.